The molecule has 2 aromatic carbocycles. The molecule has 6 nitrogen and oxygen atoms in total. The Morgan fingerprint density at radius 2 is 1.92 bits per heavy atom. The fraction of sp³-hybridized carbons (Fsp3) is 0.250. The van der Waals surface area contributed by atoms with Crippen molar-refractivity contribution in [2.75, 3.05) is 19.8 Å². The zero-order valence-corrected chi connectivity index (χ0v) is 14.2. The molecule has 26 heavy (non-hydrogen) atoms. The summed E-state index contributed by atoms with van der Waals surface area (Å²) in [6.45, 7) is 2.52. The summed E-state index contributed by atoms with van der Waals surface area (Å²) in [5.41, 5.74) is 2.60. The maximum Gasteiger partial charge on any atom is 0.246 e. The van der Waals surface area contributed by atoms with Crippen LogP contribution in [0.4, 0.5) is 0 Å². The van der Waals surface area contributed by atoms with Gasteiger partial charge in [0.25, 0.3) is 0 Å². The van der Waals surface area contributed by atoms with Gasteiger partial charge in [-0.05, 0) is 11.6 Å². The lowest BCUT2D eigenvalue weighted by Crippen LogP contribution is -2.39. The topological polar surface area (TPSA) is 75.2 Å². The zero-order chi connectivity index (χ0) is 17.8. The number of hydrogen-bond donors (Lipinski definition) is 0. The normalized spacial score (nSPS) is 17.7. The third kappa shape index (κ3) is 3.36. The SMILES string of the molecule is N#Cc1ccccc1CN1CCOC[C@H]1c1nc(-c2ccccc2)no1. The molecule has 0 radical (unpaired) electrons. The Labute approximate surface area is 151 Å². The first-order valence-corrected chi connectivity index (χ1v) is 8.54. The zero-order valence-electron chi connectivity index (χ0n) is 14.2. The molecule has 6 heteroatoms. The number of aromatic nitrogens is 2. The standard InChI is InChI=1S/C20H18N4O2/c21-12-16-8-4-5-9-17(16)13-24-10-11-25-14-18(24)20-22-19(23-26-20)15-6-2-1-3-7-15/h1-9,18H,10-11,13-14H2/t18-/m0/s1. The number of nitrogens with zero attached hydrogens (tertiary/aromatic N) is 4. The lowest BCUT2D eigenvalue weighted by molar-refractivity contribution is -0.0241. The first kappa shape index (κ1) is 16.5. The quantitative estimate of drug-likeness (QED) is 0.722. The van der Waals surface area contributed by atoms with Crippen molar-refractivity contribution in [2.24, 2.45) is 0 Å². The maximum absolute atomic E-state index is 9.33. The van der Waals surface area contributed by atoms with E-state index in [0.717, 1.165) is 17.7 Å². The molecule has 3 aromatic rings. The number of nitriles is 1. The summed E-state index contributed by atoms with van der Waals surface area (Å²) in [4.78, 5) is 6.80. The molecular weight excluding hydrogens is 328 g/mol. The van der Waals surface area contributed by atoms with Gasteiger partial charge in [-0.3, -0.25) is 4.90 Å². The molecule has 1 saturated heterocycles. The van der Waals surface area contributed by atoms with E-state index in [1.807, 2.05) is 54.6 Å². The molecule has 0 N–H and O–H groups in total. The van der Waals surface area contributed by atoms with Gasteiger partial charge in [-0.25, -0.2) is 0 Å². The van der Waals surface area contributed by atoms with E-state index in [0.29, 0.717) is 37.0 Å². The summed E-state index contributed by atoms with van der Waals surface area (Å²) in [6, 6.07) is 19.5. The fourth-order valence-corrected chi connectivity index (χ4v) is 3.12. The molecule has 0 unspecified atom stereocenters. The molecule has 1 aliphatic heterocycles. The minimum Gasteiger partial charge on any atom is -0.378 e. The minimum atomic E-state index is -0.125. The lowest BCUT2D eigenvalue weighted by atomic mass is 10.1. The molecular formula is C20H18N4O2. The molecule has 0 saturated carbocycles. The van der Waals surface area contributed by atoms with Crippen LogP contribution < -0.4 is 0 Å². The second-order valence-corrected chi connectivity index (χ2v) is 6.15. The van der Waals surface area contributed by atoms with Gasteiger partial charge in [-0.1, -0.05) is 53.7 Å². The van der Waals surface area contributed by atoms with Crippen molar-refractivity contribution < 1.29 is 9.26 Å². The summed E-state index contributed by atoms with van der Waals surface area (Å²) in [5.74, 6) is 1.11. The summed E-state index contributed by atoms with van der Waals surface area (Å²) < 4.78 is 11.2. The average Bonchev–Trinajstić information content (AvgIpc) is 3.19. The predicted octanol–water partition coefficient (Wildman–Crippen LogP) is 3.18. The Morgan fingerprint density at radius 1 is 1.12 bits per heavy atom. The van der Waals surface area contributed by atoms with Crippen LogP contribution in [0.3, 0.4) is 0 Å². The maximum atomic E-state index is 9.33. The van der Waals surface area contributed by atoms with Gasteiger partial charge in [-0.15, -0.1) is 0 Å². The van der Waals surface area contributed by atoms with Crippen molar-refractivity contribution in [1.29, 1.82) is 5.26 Å². The molecule has 1 fully saturated rings. The molecule has 1 atom stereocenters. The smallest absolute Gasteiger partial charge is 0.246 e. The second kappa shape index (κ2) is 7.48. The Bertz CT molecular complexity index is 917. The lowest BCUT2D eigenvalue weighted by Gasteiger charge is -2.33. The Morgan fingerprint density at radius 3 is 2.77 bits per heavy atom. The van der Waals surface area contributed by atoms with Gasteiger partial charge in [0.1, 0.15) is 6.04 Å². The highest BCUT2D eigenvalue weighted by Gasteiger charge is 2.30. The van der Waals surface area contributed by atoms with Crippen LogP contribution >= 0.6 is 0 Å². The van der Waals surface area contributed by atoms with Crippen LogP contribution in [0.2, 0.25) is 0 Å². The van der Waals surface area contributed by atoms with Crippen LogP contribution in [0.25, 0.3) is 11.4 Å². The van der Waals surface area contributed by atoms with Crippen molar-refractivity contribution in [3.05, 3.63) is 71.6 Å². The van der Waals surface area contributed by atoms with Gasteiger partial charge >= 0.3 is 0 Å². The Kier molecular flexibility index (Phi) is 4.73. The number of hydrogen-bond acceptors (Lipinski definition) is 6. The van der Waals surface area contributed by atoms with E-state index in [9.17, 15) is 5.26 Å². The highest BCUT2D eigenvalue weighted by molar-refractivity contribution is 5.53. The van der Waals surface area contributed by atoms with Gasteiger partial charge < -0.3 is 9.26 Å². The molecule has 0 bridgehead atoms. The highest BCUT2D eigenvalue weighted by atomic mass is 16.5. The summed E-state index contributed by atoms with van der Waals surface area (Å²) >= 11 is 0. The molecule has 1 aliphatic rings. The van der Waals surface area contributed by atoms with E-state index in [1.165, 1.54) is 0 Å². The van der Waals surface area contributed by atoms with Crippen molar-refractivity contribution in [2.45, 2.75) is 12.6 Å². The van der Waals surface area contributed by atoms with Crippen molar-refractivity contribution in [3.63, 3.8) is 0 Å². The van der Waals surface area contributed by atoms with E-state index in [4.69, 9.17) is 9.26 Å². The third-order valence-corrected chi connectivity index (χ3v) is 4.51. The van der Waals surface area contributed by atoms with Crippen LogP contribution in [0.5, 0.6) is 0 Å². The number of ether oxygens (including phenoxy) is 1. The van der Waals surface area contributed by atoms with E-state index in [2.05, 4.69) is 21.1 Å². The first-order valence-electron chi connectivity index (χ1n) is 8.54. The molecule has 0 amide bonds. The van der Waals surface area contributed by atoms with Crippen LogP contribution in [-0.4, -0.2) is 34.8 Å². The predicted molar refractivity (Wildman–Crippen MR) is 94.9 cm³/mol. The number of morpholine rings is 1. The average molecular weight is 346 g/mol. The van der Waals surface area contributed by atoms with Crippen LogP contribution in [0.1, 0.15) is 23.1 Å². The van der Waals surface area contributed by atoms with Gasteiger partial charge in [0.05, 0.1) is 24.8 Å². The van der Waals surface area contributed by atoms with Crippen molar-refractivity contribution in [3.8, 4) is 17.5 Å². The largest absolute Gasteiger partial charge is 0.378 e. The van der Waals surface area contributed by atoms with Gasteiger partial charge in [0.2, 0.25) is 11.7 Å². The van der Waals surface area contributed by atoms with E-state index in [-0.39, 0.29) is 6.04 Å². The molecule has 130 valence electrons. The monoisotopic (exact) mass is 346 g/mol. The molecule has 2 heterocycles. The van der Waals surface area contributed by atoms with Crippen LogP contribution in [-0.2, 0) is 11.3 Å². The summed E-state index contributed by atoms with van der Waals surface area (Å²) in [6.07, 6.45) is 0. The molecule has 4 rings (SSSR count). The highest BCUT2D eigenvalue weighted by Crippen LogP contribution is 2.27. The van der Waals surface area contributed by atoms with Gasteiger partial charge in [0, 0.05) is 18.7 Å². The van der Waals surface area contributed by atoms with Gasteiger partial charge in [0.15, 0.2) is 0 Å². The first-order chi connectivity index (χ1) is 12.8. The third-order valence-electron chi connectivity index (χ3n) is 4.51. The summed E-state index contributed by atoms with van der Waals surface area (Å²) in [5, 5.41) is 13.4. The molecule has 1 aromatic heterocycles. The molecule has 0 aliphatic carbocycles. The van der Waals surface area contributed by atoms with Crippen molar-refractivity contribution in [1.82, 2.24) is 15.0 Å². The van der Waals surface area contributed by atoms with Crippen LogP contribution in [0.15, 0.2) is 59.1 Å². The van der Waals surface area contributed by atoms with Crippen LogP contribution in [0, 0.1) is 11.3 Å². The van der Waals surface area contributed by atoms with E-state index >= 15 is 0 Å². The van der Waals surface area contributed by atoms with Crippen molar-refractivity contribution >= 4 is 0 Å². The fourth-order valence-electron chi connectivity index (χ4n) is 3.12. The van der Waals surface area contributed by atoms with E-state index < -0.39 is 0 Å². The number of benzene rings is 2. The summed E-state index contributed by atoms with van der Waals surface area (Å²) in [7, 11) is 0. The molecule has 0 spiro atoms. The van der Waals surface area contributed by atoms with E-state index in [1.54, 1.807) is 0 Å². The Hall–Kier alpha value is -3.01. The van der Waals surface area contributed by atoms with Gasteiger partial charge in [-0.2, -0.15) is 10.2 Å². The second-order valence-electron chi connectivity index (χ2n) is 6.15. The Balaban J connectivity index is 1.58. The minimum absolute atomic E-state index is 0.125. The number of rotatable bonds is 4.